The molecule has 0 unspecified atom stereocenters. The molecule has 25 heavy (non-hydrogen) atoms. The third kappa shape index (κ3) is 4.06. The number of carbonyl (C=O) groups is 2. The summed E-state index contributed by atoms with van der Waals surface area (Å²) in [5, 5.41) is 9.99. The summed E-state index contributed by atoms with van der Waals surface area (Å²) in [6, 6.07) is 6.90. The number of anilines is 1. The van der Waals surface area contributed by atoms with Crippen LogP contribution < -0.4 is 10.1 Å². The van der Waals surface area contributed by atoms with Crippen LogP contribution in [0.15, 0.2) is 41.6 Å². The molecule has 0 atom stereocenters. The van der Waals surface area contributed by atoms with E-state index in [1.54, 1.807) is 12.1 Å². The lowest BCUT2D eigenvalue weighted by Gasteiger charge is -2.11. The summed E-state index contributed by atoms with van der Waals surface area (Å²) < 4.78 is 29.7. The number of carboxylic acids is 1. The Bertz CT molecular complexity index is 929. The monoisotopic (exact) mass is 384 g/mol. The van der Waals surface area contributed by atoms with Crippen LogP contribution >= 0.6 is 11.6 Å². The minimum absolute atomic E-state index is 0.318. The first-order chi connectivity index (χ1) is 11.8. The first-order valence-electron chi connectivity index (χ1n) is 6.81. The molecule has 0 bridgehead atoms. The van der Waals surface area contributed by atoms with Crippen molar-refractivity contribution in [2.45, 2.75) is 5.03 Å². The Morgan fingerprint density at radius 3 is 2.68 bits per heavy atom. The lowest BCUT2D eigenvalue weighted by molar-refractivity contribution is -0.110. The molecular weight excluding hydrogens is 372 g/mol. The summed E-state index contributed by atoms with van der Waals surface area (Å²) in [5.74, 6) is -1.14. The van der Waals surface area contributed by atoms with Gasteiger partial charge in [-0.05, 0) is 30.3 Å². The molecule has 1 aromatic carbocycles. The Morgan fingerprint density at radius 1 is 1.32 bits per heavy atom. The molecule has 2 aromatic rings. The number of ether oxygens (including phenoxy) is 1. The van der Waals surface area contributed by atoms with Crippen LogP contribution in [0.5, 0.6) is 5.75 Å². The highest BCUT2D eigenvalue weighted by Gasteiger charge is 2.30. The zero-order valence-electron chi connectivity index (χ0n) is 12.9. The number of benzene rings is 1. The maximum Gasteiger partial charge on any atom is 0.338 e. The normalized spacial score (nSPS) is 11.0. The Kier molecular flexibility index (Phi) is 5.60. The molecule has 0 saturated heterocycles. The highest BCUT2D eigenvalue weighted by Crippen LogP contribution is 2.27. The zero-order valence-corrected chi connectivity index (χ0v) is 14.5. The second-order valence-corrected chi connectivity index (χ2v) is 7.02. The summed E-state index contributed by atoms with van der Waals surface area (Å²) in [6.07, 6.45) is 1.10. The van der Waals surface area contributed by atoms with Crippen LogP contribution in [0.2, 0.25) is 5.02 Å². The zero-order chi connectivity index (χ0) is 18.6. The molecule has 0 aliphatic carbocycles. The standard InChI is InChI=1S/C15H13ClN2O6S/c1-24-12-5-4-9(16)7-11(12)18-8-13(19)25(22,23)14-10(15(20)21)3-2-6-17-14/h2-7,18H,8H2,1H3,(H,20,21). The number of hydrogen-bond acceptors (Lipinski definition) is 7. The first kappa shape index (κ1) is 18.7. The van der Waals surface area contributed by atoms with Gasteiger partial charge in [-0.3, -0.25) is 4.79 Å². The molecule has 132 valence electrons. The third-order valence-corrected chi connectivity index (χ3v) is 4.95. The van der Waals surface area contributed by atoms with Crippen molar-refractivity contribution >= 4 is 38.2 Å². The van der Waals surface area contributed by atoms with E-state index < -0.39 is 38.1 Å². The summed E-state index contributed by atoms with van der Waals surface area (Å²) in [6.45, 7) is -0.616. The second kappa shape index (κ2) is 7.49. The van der Waals surface area contributed by atoms with E-state index in [-0.39, 0.29) is 0 Å². The van der Waals surface area contributed by atoms with Gasteiger partial charge in [0.25, 0.3) is 15.0 Å². The summed E-state index contributed by atoms with van der Waals surface area (Å²) >= 11 is 5.86. The van der Waals surface area contributed by atoms with Gasteiger partial charge in [0.2, 0.25) is 0 Å². The molecule has 0 radical (unpaired) electrons. The highest BCUT2D eigenvalue weighted by molar-refractivity contribution is 8.06. The number of carbonyl (C=O) groups excluding carboxylic acids is 1. The molecule has 10 heteroatoms. The molecule has 2 N–H and O–H groups in total. The van der Waals surface area contributed by atoms with Gasteiger partial charge in [0, 0.05) is 11.2 Å². The number of pyridine rings is 1. The number of nitrogens with zero attached hydrogens (tertiary/aromatic N) is 1. The Hall–Kier alpha value is -2.65. The van der Waals surface area contributed by atoms with E-state index in [0.29, 0.717) is 16.5 Å². The van der Waals surface area contributed by atoms with Crippen LogP contribution in [0.4, 0.5) is 5.69 Å². The number of aromatic carboxylic acids is 1. The van der Waals surface area contributed by atoms with Crippen LogP contribution in [0.3, 0.4) is 0 Å². The van der Waals surface area contributed by atoms with Gasteiger partial charge in [-0.1, -0.05) is 11.6 Å². The van der Waals surface area contributed by atoms with E-state index >= 15 is 0 Å². The van der Waals surface area contributed by atoms with Gasteiger partial charge >= 0.3 is 5.97 Å². The maximum absolute atomic E-state index is 12.3. The van der Waals surface area contributed by atoms with Crippen LogP contribution in [-0.4, -0.2) is 43.2 Å². The van der Waals surface area contributed by atoms with Gasteiger partial charge in [0.1, 0.15) is 5.75 Å². The summed E-state index contributed by atoms with van der Waals surface area (Å²) in [7, 11) is -3.18. The van der Waals surface area contributed by atoms with Crippen LogP contribution in [0.25, 0.3) is 0 Å². The number of nitrogens with one attached hydrogen (secondary N) is 1. The number of hydrogen-bond donors (Lipinski definition) is 2. The van der Waals surface area contributed by atoms with Gasteiger partial charge < -0.3 is 15.2 Å². The number of methoxy groups -OCH3 is 1. The molecule has 1 aromatic heterocycles. The predicted molar refractivity (Wildman–Crippen MR) is 89.9 cm³/mol. The molecule has 1 heterocycles. The Balaban J connectivity index is 2.27. The van der Waals surface area contributed by atoms with E-state index in [4.69, 9.17) is 21.4 Å². The van der Waals surface area contributed by atoms with E-state index in [2.05, 4.69) is 10.3 Å². The van der Waals surface area contributed by atoms with Gasteiger partial charge in [-0.15, -0.1) is 0 Å². The Morgan fingerprint density at radius 2 is 2.04 bits per heavy atom. The van der Waals surface area contributed by atoms with Gasteiger partial charge in [0.15, 0.2) is 5.03 Å². The van der Waals surface area contributed by atoms with Crippen molar-refractivity contribution in [3.8, 4) is 5.75 Å². The van der Waals surface area contributed by atoms with Crippen molar-refractivity contribution < 1.29 is 27.9 Å². The van der Waals surface area contributed by atoms with E-state index in [1.165, 1.54) is 19.2 Å². The lowest BCUT2D eigenvalue weighted by Crippen LogP contribution is -2.26. The molecule has 0 aliphatic rings. The number of rotatable bonds is 6. The van der Waals surface area contributed by atoms with Gasteiger partial charge in [-0.25, -0.2) is 18.2 Å². The van der Waals surface area contributed by atoms with Gasteiger partial charge in [0.05, 0.1) is 24.9 Å². The fourth-order valence-electron chi connectivity index (χ4n) is 1.96. The van der Waals surface area contributed by atoms with Crippen LogP contribution in [0.1, 0.15) is 10.4 Å². The fourth-order valence-corrected chi connectivity index (χ4v) is 3.25. The molecule has 8 nitrogen and oxygen atoms in total. The minimum atomic E-state index is -4.58. The number of carboxylic acid groups (broad SMARTS) is 1. The molecule has 0 amide bonds. The van der Waals surface area contributed by atoms with Crippen LogP contribution in [0, 0.1) is 0 Å². The largest absolute Gasteiger partial charge is 0.495 e. The smallest absolute Gasteiger partial charge is 0.338 e. The number of aromatic nitrogens is 1. The van der Waals surface area contributed by atoms with Crippen molar-refractivity contribution in [1.29, 1.82) is 0 Å². The van der Waals surface area contributed by atoms with Crippen molar-refractivity contribution in [1.82, 2.24) is 4.98 Å². The molecule has 0 aliphatic heterocycles. The van der Waals surface area contributed by atoms with Crippen LogP contribution in [-0.2, 0) is 14.6 Å². The van der Waals surface area contributed by atoms with Crippen molar-refractivity contribution in [2.24, 2.45) is 0 Å². The van der Waals surface area contributed by atoms with Crippen molar-refractivity contribution in [3.63, 3.8) is 0 Å². The van der Waals surface area contributed by atoms with E-state index in [1.807, 2.05) is 0 Å². The molecule has 2 rings (SSSR count). The number of halogens is 1. The second-order valence-electron chi connectivity index (χ2n) is 4.73. The lowest BCUT2D eigenvalue weighted by atomic mass is 10.3. The Labute approximate surface area is 148 Å². The van der Waals surface area contributed by atoms with E-state index in [0.717, 1.165) is 12.3 Å². The van der Waals surface area contributed by atoms with E-state index in [9.17, 15) is 18.0 Å². The predicted octanol–water partition coefficient (Wildman–Crippen LogP) is 1.85. The molecule has 0 spiro atoms. The first-order valence-corrected chi connectivity index (χ1v) is 8.67. The molecule has 0 fully saturated rings. The molecular formula is C15H13ClN2O6S. The highest BCUT2D eigenvalue weighted by atomic mass is 35.5. The summed E-state index contributed by atoms with van der Waals surface area (Å²) in [5.41, 5.74) is -0.255. The minimum Gasteiger partial charge on any atom is -0.495 e. The summed E-state index contributed by atoms with van der Waals surface area (Å²) in [4.78, 5) is 26.8. The maximum atomic E-state index is 12.3. The van der Waals surface area contributed by atoms with Crippen molar-refractivity contribution in [3.05, 3.63) is 47.1 Å². The third-order valence-electron chi connectivity index (χ3n) is 3.14. The average Bonchev–Trinajstić information content (AvgIpc) is 2.59. The SMILES string of the molecule is COc1ccc(Cl)cc1NCC(=O)S(=O)(=O)c1ncccc1C(=O)O. The molecule has 0 saturated carbocycles. The number of sulfone groups is 1. The topological polar surface area (TPSA) is 123 Å². The average molecular weight is 385 g/mol. The van der Waals surface area contributed by atoms with Gasteiger partial charge in [-0.2, -0.15) is 0 Å². The quantitative estimate of drug-likeness (QED) is 0.773. The fraction of sp³-hybridized carbons (Fsp3) is 0.133. The van der Waals surface area contributed by atoms with Crippen molar-refractivity contribution in [2.75, 3.05) is 19.0 Å².